The van der Waals surface area contributed by atoms with Crippen molar-refractivity contribution in [3.05, 3.63) is 69.7 Å². The van der Waals surface area contributed by atoms with Crippen LogP contribution in [0.2, 0.25) is 5.02 Å². The summed E-state index contributed by atoms with van der Waals surface area (Å²) in [6.45, 7) is 16.2. The average molecular weight is 1360 g/mol. The highest BCUT2D eigenvalue weighted by Crippen LogP contribution is 2.35. The molecule has 4 rings (SSSR count). The SMILES string of the molecule is CC[C@H](C)[C@@H]1NC(=O)[C@H](CC(C)C)N(C)C(=O)C[C@@H](C(=O)N(C)C)N(C)C(=O)[C@H]([C@@H](C)CC)N(C)C(=O)[C@H](C)NC(=O)[C@H](C)N(C)C(=O)[C@H](CCc2ccc(C(F)(F)F)c(Cl)c2)NC(=O)CN(C)C(=O)[C@H](Cc2ccc(C)cc2)N(C)C(=O)[C@@H]2CCN2C(=O)[C@H](C)N(C)C1=O. The monoisotopic (exact) mass is 1360 g/mol. The van der Waals surface area contributed by atoms with Gasteiger partial charge in [0.15, 0.2) is 0 Å². The Kier molecular flexibility index (Phi) is 28.7. The fourth-order valence-electron chi connectivity index (χ4n) is 11.6. The van der Waals surface area contributed by atoms with Crippen LogP contribution in [-0.4, -0.2) is 252 Å². The van der Waals surface area contributed by atoms with Crippen molar-refractivity contribution in [3.63, 3.8) is 0 Å². The van der Waals surface area contributed by atoms with Gasteiger partial charge in [-0.1, -0.05) is 102 Å². The lowest BCUT2D eigenvalue weighted by atomic mass is 9.94. The summed E-state index contributed by atoms with van der Waals surface area (Å²) in [5.41, 5.74) is 0.696. The van der Waals surface area contributed by atoms with Gasteiger partial charge in [-0.05, 0) is 94.4 Å². The van der Waals surface area contributed by atoms with Crippen molar-refractivity contribution in [1.29, 1.82) is 0 Å². The van der Waals surface area contributed by atoms with Gasteiger partial charge in [-0.2, -0.15) is 13.2 Å². The molecule has 0 aromatic heterocycles. The summed E-state index contributed by atoms with van der Waals surface area (Å²) >= 11 is 6.07. The molecular formula is C67H100ClF3N12O12. The van der Waals surface area contributed by atoms with Gasteiger partial charge in [0.1, 0.15) is 60.4 Å². The van der Waals surface area contributed by atoms with Crippen LogP contribution in [0.25, 0.3) is 0 Å². The van der Waals surface area contributed by atoms with Crippen molar-refractivity contribution in [2.45, 2.75) is 187 Å². The number of carbonyl (C=O) groups is 12. The number of aryl methyl sites for hydroxylation is 2. The summed E-state index contributed by atoms with van der Waals surface area (Å²) in [7, 11) is 12.3. The Morgan fingerprint density at radius 2 is 1.22 bits per heavy atom. The first-order chi connectivity index (χ1) is 44.1. The van der Waals surface area contributed by atoms with E-state index < -0.39 is 173 Å². The van der Waals surface area contributed by atoms with Gasteiger partial charge in [-0.3, -0.25) is 57.5 Å². The number of carbonyl (C=O) groups excluding carboxylic acids is 12. The molecule has 0 spiro atoms. The summed E-state index contributed by atoms with van der Waals surface area (Å²) in [6, 6.07) is -2.84. The summed E-state index contributed by atoms with van der Waals surface area (Å²) in [6.07, 6.45) is -4.86. The van der Waals surface area contributed by atoms with Crippen LogP contribution in [0.15, 0.2) is 42.5 Å². The highest BCUT2D eigenvalue weighted by atomic mass is 35.5. The van der Waals surface area contributed by atoms with E-state index in [1.165, 1.54) is 115 Å². The largest absolute Gasteiger partial charge is 0.417 e. The van der Waals surface area contributed by atoms with E-state index in [9.17, 15) is 70.7 Å². The molecule has 12 amide bonds. The standard InChI is InChI=1S/C67H100ClF3N12O12/c1-20-39(6)55-65(94)78(15)43(10)60(89)83-31-30-49(83)64(93)80(17)51(34-45-24-22-38(5)23-25-45)63(92)76(13)36-53(84)73-48(29-27-44-26-28-46(47(68)33-44)67(69,70)71)61(90)77(14)42(9)57(86)72-41(8)59(88)82(19)56(40(7)21-2)66(95)81(18)52(62(91)75(11)12)35-54(85)79(16)50(32-37(3)4)58(87)74-55/h22-26,28,33,37,39-43,48-52,55-56H,20-21,27,29-32,34-36H2,1-19H3,(H,72,86)(H,73,84)(H,74,87)/t39-,40-,41-,42-,43-,48-,49-,50-,51-,52-,55-,56-/m0/s1. The molecule has 2 aliphatic rings. The number of nitrogens with one attached hydrogen (secondary N) is 3. The summed E-state index contributed by atoms with van der Waals surface area (Å²) in [5, 5.41) is 7.51. The number of likely N-dealkylation sites (N-methyl/N-ethyl adjacent to an activating group) is 8. The van der Waals surface area contributed by atoms with Gasteiger partial charge in [0.25, 0.3) is 0 Å². The van der Waals surface area contributed by atoms with E-state index in [-0.39, 0.29) is 50.1 Å². The predicted octanol–water partition coefficient (Wildman–Crippen LogP) is 4.01. The minimum absolute atomic E-state index is 0.0566. The molecule has 2 saturated heterocycles. The first-order valence-corrected chi connectivity index (χ1v) is 32.7. The summed E-state index contributed by atoms with van der Waals surface area (Å²) < 4.78 is 41.2. The van der Waals surface area contributed by atoms with Crippen molar-refractivity contribution in [3.8, 4) is 0 Å². The molecule has 0 bridgehead atoms. The Hall–Kier alpha value is -7.84. The zero-order chi connectivity index (χ0) is 72.2. The highest BCUT2D eigenvalue weighted by molar-refractivity contribution is 6.31. The molecule has 2 aromatic carbocycles. The second-order valence-corrected chi connectivity index (χ2v) is 26.7. The van der Waals surface area contributed by atoms with Crippen molar-refractivity contribution in [1.82, 2.24) is 60.0 Å². The average Bonchev–Trinajstić information content (AvgIpc) is 0.810. The number of hydrogen-bond acceptors (Lipinski definition) is 12. The second kappa shape index (κ2) is 34.2. The van der Waals surface area contributed by atoms with Crippen molar-refractivity contribution in [2.24, 2.45) is 17.8 Å². The zero-order valence-electron chi connectivity index (χ0n) is 58.6. The third-order valence-corrected chi connectivity index (χ3v) is 19.1. The number of hydrogen-bond donors (Lipinski definition) is 3. The molecule has 0 radical (unpaired) electrons. The van der Waals surface area contributed by atoms with Crippen molar-refractivity contribution >= 4 is 82.5 Å². The molecule has 2 fully saturated rings. The number of halogens is 4. The smallest absolute Gasteiger partial charge is 0.347 e. The third kappa shape index (κ3) is 19.9. The molecule has 24 nitrogen and oxygen atoms in total. The second-order valence-electron chi connectivity index (χ2n) is 26.3. The maximum atomic E-state index is 15.0. The molecule has 28 heteroatoms. The van der Waals surface area contributed by atoms with Crippen LogP contribution in [0.5, 0.6) is 0 Å². The van der Waals surface area contributed by atoms with E-state index in [4.69, 9.17) is 11.6 Å². The number of amides is 12. The topological polar surface area (TPSA) is 270 Å². The van der Waals surface area contributed by atoms with Crippen LogP contribution in [0.1, 0.15) is 123 Å². The number of fused-ring (bicyclic) bond motifs is 1. The molecule has 12 atom stereocenters. The molecule has 2 aliphatic heterocycles. The van der Waals surface area contributed by atoms with Gasteiger partial charge >= 0.3 is 6.18 Å². The molecule has 2 aromatic rings. The summed E-state index contributed by atoms with van der Waals surface area (Å²) in [5.74, 6) is -10.1. The molecule has 528 valence electrons. The van der Waals surface area contributed by atoms with Crippen LogP contribution in [0.4, 0.5) is 13.2 Å². The Balaban J connectivity index is 1.88. The summed E-state index contributed by atoms with van der Waals surface area (Å²) in [4.78, 5) is 185. The Bertz CT molecular complexity index is 3140. The van der Waals surface area contributed by atoms with Crippen LogP contribution >= 0.6 is 11.6 Å². The van der Waals surface area contributed by atoms with Crippen molar-refractivity contribution in [2.75, 3.05) is 76.5 Å². The lowest BCUT2D eigenvalue weighted by Crippen LogP contribution is -2.65. The van der Waals surface area contributed by atoms with E-state index in [1.807, 2.05) is 39.8 Å². The maximum Gasteiger partial charge on any atom is 0.417 e. The lowest BCUT2D eigenvalue weighted by Gasteiger charge is -2.45. The van der Waals surface area contributed by atoms with Gasteiger partial charge in [0.05, 0.1) is 23.6 Å². The predicted molar refractivity (Wildman–Crippen MR) is 351 cm³/mol. The first-order valence-electron chi connectivity index (χ1n) is 32.3. The van der Waals surface area contributed by atoms with Gasteiger partial charge in [-0.15, -0.1) is 0 Å². The number of benzene rings is 2. The molecule has 3 N–H and O–H groups in total. The van der Waals surface area contributed by atoms with Gasteiger partial charge in [0.2, 0.25) is 70.9 Å². The van der Waals surface area contributed by atoms with Crippen LogP contribution in [0.3, 0.4) is 0 Å². The molecule has 0 unspecified atom stereocenters. The van der Waals surface area contributed by atoms with Crippen molar-refractivity contribution < 1.29 is 70.7 Å². The molecular weight excluding hydrogens is 1260 g/mol. The quantitative estimate of drug-likeness (QED) is 0.272. The van der Waals surface area contributed by atoms with Crippen LogP contribution in [-0.2, 0) is 76.6 Å². The molecule has 2 heterocycles. The third-order valence-electron chi connectivity index (χ3n) is 18.8. The zero-order valence-corrected chi connectivity index (χ0v) is 59.3. The van der Waals surface area contributed by atoms with E-state index in [0.29, 0.717) is 18.4 Å². The number of rotatable bonds is 12. The Morgan fingerprint density at radius 1 is 0.642 bits per heavy atom. The van der Waals surface area contributed by atoms with Crippen LogP contribution in [0, 0.1) is 24.7 Å². The maximum absolute atomic E-state index is 15.0. The molecule has 0 aliphatic carbocycles. The highest BCUT2D eigenvalue weighted by Gasteiger charge is 2.47. The number of nitrogens with zero attached hydrogens (tertiary/aromatic N) is 9. The fraction of sp³-hybridized carbons (Fsp3) is 0.642. The number of alkyl halides is 3. The van der Waals surface area contributed by atoms with E-state index in [1.54, 1.807) is 32.9 Å². The van der Waals surface area contributed by atoms with E-state index in [2.05, 4.69) is 16.0 Å². The molecule has 95 heavy (non-hydrogen) atoms. The normalized spacial score (nSPS) is 25.7. The lowest BCUT2D eigenvalue weighted by molar-refractivity contribution is -0.160. The minimum Gasteiger partial charge on any atom is -0.347 e. The van der Waals surface area contributed by atoms with Gasteiger partial charge in [0, 0.05) is 76.4 Å². The molecule has 0 saturated carbocycles. The first kappa shape index (κ1) is 79.6. The van der Waals surface area contributed by atoms with E-state index >= 15 is 0 Å². The Labute approximate surface area is 562 Å². The van der Waals surface area contributed by atoms with E-state index in [0.717, 1.165) is 37.3 Å². The van der Waals surface area contributed by atoms with Crippen LogP contribution < -0.4 is 16.0 Å². The van der Waals surface area contributed by atoms with Gasteiger partial charge < -0.3 is 60.0 Å². The fourth-order valence-corrected chi connectivity index (χ4v) is 11.9. The minimum atomic E-state index is -4.78. The van der Waals surface area contributed by atoms with Gasteiger partial charge in [-0.25, -0.2) is 0 Å². The Morgan fingerprint density at radius 3 is 1.75 bits per heavy atom.